The zero-order chi connectivity index (χ0) is 12.6. The lowest BCUT2D eigenvalue weighted by Gasteiger charge is -2.05. The minimum Gasteiger partial charge on any atom is -0.434 e. The van der Waals surface area contributed by atoms with Gasteiger partial charge in [0.1, 0.15) is 5.52 Å². The molecule has 0 aliphatic heterocycles. The van der Waals surface area contributed by atoms with Crippen molar-refractivity contribution in [3.63, 3.8) is 0 Å². The fourth-order valence-electron chi connectivity index (χ4n) is 1.35. The van der Waals surface area contributed by atoms with Gasteiger partial charge in [0, 0.05) is 0 Å². The summed E-state index contributed by atoms with van der Waals surface area (Å²) in [6.45, 7) is 0. The quantitative estimate of drug-likeness (QED) is 0.617. The molecule has 1 heterocycles. The van der Waals surface area contributed by atoms with Crippen LogP contribution < -0.4 is 0 Å². The van der Waals surface area contributed by atoms with Gasteiger partial charge in [0.25, 0.3) is 5.89 Å². The number of alkyl halides is 4. The fraction of sp³-hybridized carbons (Fsp3) is 0.200. The summed E-state index contributed by atoms with van der Waals surface area (Å²) >= 11 is 5.27. The first-order valence-corrected chi connectivity index (χ1v) is 5.03. The molecule has 2 rings (SSSR count). The minimum absolute atomic E-state index is 0.0895. The van der Waals surface area contributed by atoms with E-state index < -0.39 is 29.3 Å². The number of hydrogen-bond donors (Lipinski definition) is 0. The highest BCUT2D eigenvalue weighted by Gasteiger charge is 2.34. The molecule has 0 N–H and O–H groups in total. The van der Waals surface area contributed by atoms with Gasteiger partial charge in [-0.05, 0) is 12.1 Å². The second-order valence-corrected chi connectivity index (χ2v) is 3.49. The maximum absolute atomic E-state index is 12.6. The van der Waals surface area contributed by atoms with Crippen LogP contribution in [0.2, 0.25) is 0 Å². The van der Waals surface area contributed by atoms with Crippen molar-refractivity contribution in [1.29, 1.82) is 0 Å². The molecular formula is C10H5ClF3NO2. The second kappa shape index (κ2) is 4.03. The molecule has 0 radical (unpaired) electrons. The number of Topliss-reactive ketones (excluding diaryl/α,β-unsaturated/α-hetero) is 1. The molecule has 0 spiro atoms. The SMILES string of the molecule is O=C(CCl)c1nc2c(C(F)(F)F)cccc2o1. The van der Waals surface area contributed by atoms with E-state index in [9.17, 15) is 18.0 Å². The third-order valence-corrected chi connectivity index (χ3v) is 2.33. The van der Waals surface area contributed by atoms with Crippen molar-refractivity contribution in [2.24, 2.45) is 0 Å². The van der Waals surface area contributed by atoms with E-state index in [1.807, 2.05) is 0 Å². The van der Waals surface area contributed by atoms with Crippen LogP contribution in [0.5, 0.6) is 0 Å². The molecule has 1 aromatic heterocycles. The molecule has 0 atom stereocenters. The Labute approximate surface area is 98.2 Å². The number of oxazole rings is 1. The van der Waals surface area contributed by atoms with Gasteiger partial charge in [0.2, 0.25) is 5.78 Å². The number of carbonyl (C=O) groups excluding carboxylic acids is 1. The Morgan fingerprint density at radius 3 is 2.71 bits per heavy atom. The molecule has 0 fully saturated rings. The van der Waals surface area contributed by atoms with Crippen LogP contribution in [-0.2, 0) is 6.18 Å². The number of para-hydroxylation sites is 1. The highest BCUT2D eigenvalue weighted by atomic mass is 35.5. The predicted molar refractivity (Wildman–Crippen MR) is 54.1 cm³/mol. The number of benzene rings is 1. The normalized spacial score (nSPS) is 12.0. The topological polar surface area (TPSA) is 43.1 Å². The summed E-state index contributed by atoms with van der Waals surface area (Å²) < 4.78 is 42.8. The van der Waals surface area contributed by atoms with E-state index in [-0.39, 0.29) is 11.1 Å². The summed E-state index contributed by atoms with van der Waals surface area (Å²) in [6, 6.07) is 3.37. The van der Waals surface area contributed by atoms with Gasteiger partial charge in [-0.25, -0.2) is 4.98 Å². The van der Waals surface area contributed by atoms with Crippen molar-refractivity contribution in [2.45, 2.75) is 6.18 Å². The summed E-state index contributed by atoms with van der Waals surface area (Å²) in [5, 5.41) is 0. The Balaban J connectivity index is 2.65. The molecule has 1 aromatic carbocycles. The molecule has 3 nitrogen and oxygen atoms in total. The Bertz CT molecular complexity index is 576. The number of hydrogen-bond acceptors (Lipinski definition) is 3. The smallest absolute Gasteiger partial charge is 0.418 e. The third kappa shape index (κ3) is 2.12. The van der Waals surface area contributed by atoms with Crippen molar-refractivity contribution in [2.75, 3.05) is 5.88 Å². The lowest BCUT2D eigenvalue weighted by atomic mass is 10.2. The number of carbonyl (C=O) groups is 1. The summed E-state index contributed by atoms with van der Waals surface area (Å²) in [7, 11) is 0. The van der Waals surface area contributed by atoms with Crippen molar-refractivity contribution in [3.05, 3.63) is 29.7 Å². The van der Waals surface area contributed by atoms with Gasteiger partial charge in [-0.3, -0.25) is 4.79 Å². The number of rotatable bonds is 2. The molecule has 0 unspecified atom stereocenters. The van der Waals surface area contributed by atoms with Crippen LogP contribution in [0, 0.1) is 0 Å². The Morgan fingerprint density at radius 1 is 1.41 bits per heavy atom. The zero-order valence-electron chi connectivity index (χ0n) is 8.21. The van der Waals surface area contributed by atoms with Crippen LogP contribution in [0.15, 0.2) is 22.6 Å². The number of aromatic nitrogens is 1. The fourth-order valence-corrected chi connectivity index (χ4v) is 1.47. The molecule has 2 aromatic rings. The summed E-state index contributed by atoms with van der Waals surface area (Å²) in [5.41, 5.74) is -1.41. The van der Waals surface area contributed by atoms with Gasteiger partial charge in [-0.1, -0.05) is 6.07 Å². The maximum atomic E-state index is 12.6. The van der Waals surface area contributed by atoms with E-state index in [1.165, 1.54) is 12.1 Å². The molecule has 90 valence electrons. The number of halogens is 4. The number of ketones is 1. The number of fused-ring (bicyclic) bond motifs is 1. The van der Waals surface area contributed by atoms with Crippen LogP contribution in [0.25, 0.3) is 11.1 Å². The van der Waals surface area contributed by atoms with Crippen molar-refractivity contribution >= 4 is 28.5 Å². The lowest BCUT2D eigenvalue weighted by Crippen LogP contribution is -2.06. The number of nitrogens with zero attached hydrogens (tertiary/aromatic N) is 1. The second-order valence-electron chi connectivity index (χ2n) is 3.23. The van der Waals surface area contributed by atoms with E-state index in [2.05, 4.69) is 4.98 Å². The average Bonchev–Trinajstić information content (AvgIpc) is 2.69. The molecule has 17 heavy (non-hydrogen) atoms. The molecule has 0 amide bonds. The van der Waals surface area contributed by atoms with Crippen molar-refractivity contribution < 1.29 is 22.4 Å². The zero-order valence-corrected chi connectivity index (χ0v) is 8.97. The molecule has 7 heteroatoms. The monoisotopic (exact) mass is 263 g/mol. The van der Waals surface area contributed by atoms with Crippen molar-refractivity contribution in [3.8, 4) is 0 Å². The van der Waals surface area contributed by atoms with Crippen LogP contribution in [0.1, 0.15) is 16.2 Å². The standard InChI is InChI=1S/C10H5ClF3NO2/c11-4-6(16)9-15-8-5(10(12,13)14)2-1-3-7(8)17-9/h1-3H,4H2. The van der Waals surface area contributed by atoms with E-state index in [0.717, 1.165) is 6.07 Å². The molecule has 0 bridgehead atoms. The Morgan fingerprint density at radius 2 is 2.12 bits per heavy atom. The summed E-state index contributed by atoms with van der Waals surface area (Å²) in [5.74, 6) is -1.46. The highest BCUT2D eigenvalue weighted by Crippen LogP contribution is 2.34. The Hall–Kier alpha value is -1.56. The van der Waals surface area contributed by atoms with E-state index in [4.69, 9.17) is 16.0 Å². The van der Waals surface area contributed by atoms with E-state index >= 15 is 0 Å². The van der Waals surface area contributed by atoms with Gasteiger partial charge in [-0.15, -0.1) is 11.6 Å². The van der Waals surface area contributed by atoms with E-state index in [0.29, 0.717) is 0 Å². The molecule has 0 aliphatic carbocycles. The minimum atomic E-state index is -4.54. The molecule has 0 saturated heterocycles. The van der Waals surface area contributed by atoms with Crippen LogP contribution in [0.4, 0.5) is 13.2 Å². The predicted octanol–water partition coefficient (Wildman–Crippen LogP) is 3.27. The molecular weight excluding hydrogens is 259 g/mol. The maximum Gasteiger partial charge on any atom is 0.418 e. The summed E-state index contributed by atoms with van der Waals surface area (Å²) in [4.78, 5) is 14.7. The third-order valence-electron chi connectivity index (χ3n) is 2.08. The van der Waals surface area contributed by atoms with Gasteiger partial charge >= 0.3 is 6.18 Å². The first kappa shape index (κ1) is 11.9. The molecule has 0 aliphatic rings. The van der Waals surface area contributed by atoms with Gasteiger partial charge in [0.05, 0.1) is 11.4 Å². The first-order valence-electron chi connectivity index (χ1n) is 4.49. The lowest BCUT2D eigenvalue weighted by molar-refractivity contribution is -0.136. The Kier molecular flexibility index (Phi) is 2.82. The van der Waals surface area contributed by atoms with Crippen LogP contribution in [-0.4, -0.2) is 16.6 Å². The van der Waals surface area contributed by atoms with Crippen LogP contribution in [0.3, 0.4) is 0 Å². The van der Waals surface area contributed by atoms with Crippen molar-refractivity contribution in [1.82, 2.24) is 4.98 Å². The summed E-state index contributed by atoms with van der Waals surface area (Å²) in [6.07, 6.45) is -4.54. The van der Waals surface area contributed by atoms with Crippen LogP contribution >= 0.6 is 11.6 Å². The van der Waals surface area contributed by atoms with Gasteiger partial charge < -0.3 is 4.42 Å². The highest BCUT2D eigenvalue weighted by molar-refractivity contribution is 6.29. The van der Waals surface area contributed by atoms with E-state index in [1.54, 1.807) is 0 Å². The first-order chi connectivity index (χ1) is 7.93. The average molecular weight is 264 g/mol. The van der Waals surface area contributed by atoms with Gasteiger partial charge in [-0.2, -0.15) is 13.2 Å². The largest absolute Gasteiger partial charge is 0.434 e. The molecule has 0 saturated carbocycles. The van der Waals surface area contributed by atoms with Gasteiger partial charge in [0.15, 0.2) is 5.58 Å².